The number of amides is 2. The van der Waals surface area contributed by atoms with Crippen LogP contribution in [0.5, 0.6) is 5.88 Å². The molecule has 0 aliphatic rings. The van der Waals surface area contributed by atoms with Gasteiger partial charge in [0.25, 0.3) is 5.88 Å². The average molecular weight is 405 g/mol. The molecule has 1 aromatic heterocycles. The number of rotatable bonds is 5. The Morgan fingerprint density at radius 3 is 2.62 bits per heavy atom. The molecule has 0 atom stereocenters. The summed E-state index contributed by atoms with van der Waals surface area (Å²) >= 11 is 6.00. The Morgan fingerprint density at radius 2 is 1.72 bits per heavy atom. The van der Waals surface area contributed by atoms with Crippen molar-refractivity contribution in [2.45, 2.75) is 6.61 Å². The molecule has 4 aromatic rings. The third-order valence-corrected chi connectivity index (χ3v) is 4.43. The number of nitrogens with zero attached hydrogens (tertiary/aromatic N) is 2. The number of hydrogen-bond acceptors (Lipinski definition) is 4. The van der Waals surface area contributed by atoms with Gasteiger partial charge in [0.1, 0.15) is 6.61 Å². The minimum atomic E-state index is -0.436. The van der Waals surface area contributed by atoms with Gasteiger partial charge in [-0.3, -0.25) is 5.32 Å². The van der Waals surface area contributed by atoms with Crippen molar-refractivity contribution in [1.82, 2.24) is 9.97 Å². The molecule has 0 fully saturated rings. The monoisotopic (exact) mass is 404 g/mol. The minimum Gasteiger partial charge on any atom is -0.470 e. The quantitative estimate of drug-likeness (QED) is 0.460. The lowest BCUT2D eigenvalue weighted by atomic mass is 10.1. The van der Waals surface area contributed by atoms with Gasteiger partial charge in [0.15, 0.2) is 5.82 Å². The molecule has 4 rings (SSSR count). The van der Waals surface area contributed by atoms with Gasteiger partial charge in [-0.2, -0.15) is 0 Å². The number of carbonyl (C=O) groups excluding carboxylic acids is 1. The van der Waals surface area contributed by atoms with Crippen LogP contribution in [-0.4, -0.2) is 16.0 Å². The molecule has 29 heavy (non-hydrogen) atoms. The van der Waals surface area contributed by atoms with Gasteiger partial charge in [-0.05, 0) is 29.1 Å². The molecule has 6 nitrogen and oxygen atoms in total. The summed E-state index contributed by atoms with van der Waals surface area (Å²) in [6, 6.07) is 20.4. The predicted molar refractivity (Wildman–Crippen MR) is 114 cm³/mol. The van der Waals surface area contributed by atoms with Crippen molar-refractivity contribution >= 4 is 39.9 Å². The van der Waals surface area contributed by atoms with Gasteiger partial charge in [-0.1, -0.05) is 60.1 Å². The van der Waals surface area contributed by atoms with Crippen molar-refractivity contribution in [2.75, 3.05) is 10.6 Å². The summed E-state index contributed by atoms with van der Waals surface area (Å²) in [6.45, 7) is 0.249. The van der Waals surface area contributed by atoms with Crippen molar-refractivity contribution in [3.8, 4) is 5.88 Å². The van der Waals surface area contributed by atoms with Gasteiger partial charge >= 0.3 is 6.03 Å². The highest BCUT2D eigenvalue weighted by molar-refractivity contribution is 6.30. The number of hydrogen-bond donors (Lipinski definition) is 2. The zero-order valence-electron chi connectivity index (χ0n) is 15.3. The Labute approximate surface area is 172 Å². The van der Waals surface area contributed by atoms with Gasteiger partial charge < -0.3 is 10.1 Å². The van der Waals surface area contributed by atoms with Crippen LogP contribution in [0, 0.1) is 0 Å². The molecule has 0 aliphatic heterocycles. The first kappa shape index (κ1) is 18.7. The highest BCUT2D eigenvalue weighted by atomic mass is 35.5. The molecule has 0 unspecified atom stereocenters. The number of benzene rings is 3. The second-order valence-electron chi connectivity index (χ2n) is 6.23. The highest BCUT2D eigenvalue weighted by Gasteiger charge is 2.12. The summed E-state index contributed by atoms with van der Waals surface area (Å²) in [6.07, 6.45) is 2.99. The van der Waals surface area contributed by atoms with Crippen molar-refractivity contribution in [2.24, 2.45) is 0 Å². The number of fused-ring (bicyclic) bond motifs is 1. The summed E-state index contributed by atoms with van der Waals surface area (Å²) in [5.41, 5.74) is 1.58. The average Bonchev–Trinajstić information content (AvgIpc) is 2.73. The summed E-state index contributed by atoms with van der Waals surface area (Å²) in [7, 11) is 0. The van der Waals surface area contributed by atoms with Crippen LogP contribution in [0.25, 0.3) is 10.8 Å². The molecular weight excluding hydrogens is 388 g/mol. The van der Waals surface area contributed by atoms with E-state index in [-0.39, 0.29) is 18.3 Å². The van der Waals surface area contributed by atoms with Crippen molar-refractivity contribution in [3.63, 3.8) is 0 Å². The number of anilines is 2. The SMILES string of the molecule is O=C(Nc1nccnc1OCc1cccc(Cl)c1)Nc1cccc2ccccc12. The first-order chi connectivity index (χ1) is 14.2. The zero-order chi connectivity index (χ0) is 20.1. The molecule has 2 amide bonds. The van der Waals surface area contributed by atoms with Gasteiger partial charge in [-0.25, -0.2) is 14.8 Å². The zero-order valence-corrected chi connectivity index (χ0v) is 16.1. The van der Waals surface area contributed by atoms with E-state index in [9.17, 15) is 4.79 Å². The molecule has 0 bridgehead atoms. The van der Waals surface area contributed by atoms with E-state index in [4.69, 9.17) is 16.3 Å². The van der Waals surface area contributed by atoms with E-state index in [2.05, 4.69) is 20.6 Å². The number of carbonyl (C=O) groups is 1. The Morgan fingerprint density at radius 1 is 0.931 bits per heavy atom. The fourth-order valence-corrected chi connectivity index (χ4v) is 3.10. The van der Waals surface area contributed by atoms with E-state index >= 15 is 0 Å². The topological polar surface area (TPSA) is 76.1 Å². The maximum atomic E-state index is 12.5. The number of ether oxygens (including phenoxy) is 1. The third-order valence-electron chi connectivity index (χ3n) is 4.20. The number of urea groups is 1. The molecule has 0 radical (unpaired) electrons. The van der Waals surface area contributed by atoms with E-state index in [1.807, 2.05) is 54.6 Å². The number of aromatic nitrogens is 2. The van der Waals surface area contributed by atoms with Crippen LogP contribution in [0.4, 0.5) is 16.3 Å². The van der Waals surface area contributed by atoms with Crippen molar-refractivity contribution in [3.05, 3.63) is 89.7 Å². The predicted octanol–water partition coefficient (Wildman–Crippen LogP) is 5.51. The molecule has 7 heteroatoms. The molecule has 2 N–H and O–H groups in total. The molecule has 0 aliphatic carbocycles. The lowest BCUT2D eigenvalue weighted by molar-refractivity contribution is 0.261. The van der Waals surface area contributed by atoms with Crippen molar-refractivity contribution in [1.29, 1.82) is 0 Å². The number of nitrogens with one attached hydrogen (secondary N) is 2. The normalized spacial score (nSPS) is 10.5. The van der Waals surface area contributed by atoms with E-state index in [0.29, 0.717) is 10.7 Å². The van der Waals surface area contributed by atoms with Crippen LogP contribution in [-0.2, 0) is 6.61 Å². The molecule has 0 saturated heterocycles. The summed E-state index contributed by atoms with van der Waals surface area (Å²) < 4.78 is 5.72. The van der Waals surface area contributed by atoms with Gasteiger partial charge in [0.05, 0.1) is 5.69 Å². The lowest BCUT2D eigenvalue weighted by Gasteiger charge is -2.12. The van der Waals surface area contributed by atoms with Gasteiger partial charge in [0.2, 0.25) is 0 Å². The fourth-order valence-electron chi connectivity index (χ4n) is 2.89. The molecular formula is C22H17ClN4O2. The van der Waals surface area contributed by atoms with Gasteiger partial charge in [-0.15, -0.1) is 0 Å². The summed E-state index contributed by atoms with van der Waals surface area (Å²) in [4.78, 5) is 20.9. The smallest absolute Gasteiger partial charge is 0.325 e. The largest absolute Gasteiger partial charge is 0.470 e. The lowest BCUT2D eigenvalue weighted by Crippen LogP contribution is -2.21. The van der Waals surface area contributed by atoms with Gasteiger partial charge in [0, 0.05) is 22.8 Å². The van der Waals surface area contributed by atoms with Crippen LogP contribution in [0.2, 0.25) is 5.02 Å². The Bertz CT molecular complexity index is 1160. The molecule has 3 aromatic carbocycles. The Kier molecular flexibility index (Phi) is 5.54. The molecule has 0 saturated carbocycles. The Hall–Kier alpha value is -3.64. The third kappa shape index (κ3) is 4.62. The van der Waals surface area contributed by atoms with Crippen LogP contribution in [0.1, 0.15) is 5.56 Å². The molecule has 1 heterocycles. The van der Waals surface area contributed by atoms with Crippen molar-refractivity contribution < 1.29 is 9.53 Å². The second-order valence-corrected chi connectivity index (χ2v) is 6.67. The van der Waals surface area contributed by atoms with E-state index < -0.39 is 6.03 Å². The maximum absolute atomic E-state index is 12.5. The Balaban J connectivity index is 1.47. The van der Waals surface area contributed by atoms with E-state index in [1.54, 1.807) is 12.1 Å². The standard InChI is InChI=1S/C22H17ClN4O2/c23-17-8-3-5-15(13-17)14-29-21-20(24-11-12-25-21)27-22(28)26-19-10-4-7-16-6-1-2-9-18(16)19/h1-13H,14H2,(H2,24,26,27,28). The van der Waals surface area contributed by atoms with E-state index in [1.165, 1.54) is 12.4 Å². The first-order valence-corrected chi connectivity index (χ1v) is 9.31. The minimum absolute atomic E-state index is 0.223. The molecule has 144 valence electrons. The second kappa shape index (κ2) is 8.58. The van der Waals surface area contributed by atoms with Crippen LogP contribution in [0.15, 0.2) is 79.1 Å². The highest BCUT2D eigenvalue weighted by Crippen LogP contribution is 2.24. The fraction of sp³-hybridized carbons (Fsp3) is 0.0455. The molecule has 0 spiro atoms. The summed E-state index contributed by atoms with van der Waals surface area (Å²) in [5, 5.41) is 8.15. The van der Waals surface area contributed by atoms with Crippen LogP contribution < -0.4 is 15.4 Å². The maximum Gasteiger partial charge on any atom is 0.325 e. The number of halogens is 1. The summed E-state index contributed by atoms with van der Waals surface area (Å²) in [5.74, 6) is 0.452. The van der Waals surface area contributed by atoms with Crippen LogP contribution >= 0.6 is 11.6 Å². The van der Waals surface area contributed by atoms with Crippen LogP contribution in [0.3, 0.4) is 0 Å². The van der Waals surface area contributed by atoms with E-state index in [0.717, 1.165) is 16.3 Å². The first-order valence-electron chi connectivity index (χ1n) is 8.93.